The molecule has 0 aliphatic carbocycles. The van der Waals surface area contributed by atoms with Gasteiger partial charge in [0.05, 0.1) is 6.20 Å². The van der Waals surface area contributed by atoms with Gasteiger partial charge < -0.3 is 14.4 Å². The Kier molecular flexibility index (Phi) is 3.79. The second-order valence-corrected chi connectivity index (χ2v) is 5.32. The van der Waals surface area contributed by atoms with Crippen LogP contribution in [0.25, 0.3) is 5.82 Å². The van der Waals surface area contributed by atoms with Crippen molar-refractivity contribution >= 4 is 5.91 Å². The molecule has 0 bridgehead atoms. The predicted molar refractivity (Wildman–Crippen MR) is 80.6 cm³/mol. The van der Waals surface area contributed by atoms with Crippen molar-refractivity contribution in [1.29, 1.82) is 0 Å². The van der Waals surface area contributed by atoms with Crippen molar-refractivity contribution in [2.75, 3.05) is 32.7 Å². The molecule has 0 aromatic carbocycles. The van der Waals surface area contributed by atoms with Gasteiger partial charge in [0.25, 0.3) is 5.91 Å². The van der Waals surface area contributed by atoms with E-state index in [2.05, 4.69) is 16.9 Å². The molecule has 0 N–H and O–H groups in total. The standard InChI is InChI=1S/C15H21N5O/c1-3-18-8-10-20(11-9-18)15(21)13-12-16-17(2)14(13)19-6-4-5-7-19/h4-7,12H,3,8-11H2,1-2H3. The molecule has 1 saturated heterocycles. The van der Waals surface area contributed by atoms with Crippen LogP contribution < -0.4 is 0 Å². The third kappa shape index (κ3) is 2.58. The number of nitrogens with zero attached hydrogens (tertiary/aromatic N) is 5. The third-order valence-corrected chi connectivity index (χ3v) is 4.09. The smallest absolute Gasteiger partial charge is 0.259 e. The van der Waals surface area contributed by atoms with Gasteiger partial charge in [-0.05, 0) is 18.7 Å². The second-order valence-electron chi connectivity index (χ2n) is 5.32. The number of carbonyl (C=O) groups excluding carboxylic acids is 1. The molecule has 2 aromatic rings. The van der Waals surface area contributed by atoms with E-state index in [4.69, 9.17) is 0 Å². The molecule has 0 atom stereocenters. The highest BCUT2D eigenvalue weighted by Crippen LogP contribution is 2.17. The molecule has 0 radical (unpaired) electrons. The summed E-state index contributed by atoms with van der Waals surface area (Å²) in [7, 11) is 1.86. The van der Waals surface area contributed by atoms with E-state index in [1.165, 1.54) is 0 Å². The molecule has 1 fully saturated rings. The van der Waals surface area contributed by atoms with Crippen LogP contribution >= 0.6 is 0 Å². The summed E-state index contributed by atoms with van der Waals surface area (Å²) >= 11 is 0. The van der Waals surface area contributed by atoms with Crippen LogP contribution in [0.3, 0.4) is 0 Å². The lowest BCUT2D eigenvalue weighted by molar-refractivity contribution is 0.0643. The molecule has 21 heavy (non-hydrogen) atoms. The summed E-state index contributed by atoms with van der Waals surface area (Å²) in [4.78, 5) is 17.1. The fourth-order valence-corrected chi connectivity index (χ4v) is 2.80. The van der Waals surface area contributed by atoms with Crippen molar-refractivity contribution in [3.05, 3.63) is 36.3 Å². The van der Waals surface area contributed by atoms with E-state index in [9.17, 15) is 4.79 Å². The van der Waals surface area contributed by atoms with Crippen LogP contribution in [0, 0.1) is 0 Å². The van der Waals surface area contributed by atoms with Crippen molar-refractivity contribution in [3.8, 4) is 5.82 Å². The maximum atomic E-state index is 12.8. The molecule has 3 heterocycles. The van der Waals surface area contributed by atoms with Crippen molar-refractivity contribution in [3.63, 3.8) is 0 Å². The van der Waals surface area contributed by atoms with Crippen LogP contribution in [0.1, 0.15) is 17.3 Å². The van der Waals surface area contributed by atoms with Crippen LogP contribution in [0.2, 0.25) is 0 Å². The molecule has 6 nitrogen and oxygen atoms in total. The van der Waals surface area contributed by atoms with Gasteiger partial charge in [-0.2, -0.15) is 5.10 Å². The van der Waals surface area contributed by atoms with E-state index in [-0.39, 0.29) is 5.91 Å². The molecular formula is C15H21N5O. The number of rotatable bonds is 3. The largest absolute Gasteiger partial charge is 0.336 e. The normalized spacial score (nSPS) is 16.4. The maximum absolute atomic E-state index is 12.8. The van der Waals surface area contributed by atoms with Crippen molar-refractivity contribution < 1.29 is 4.79 Å². The molecule has 0 saturated carbocycles. The average molecular weight is 287 g/mol. The van der Waals surface area contributed by atoms with E-state index in [0.29, 0.717) is 5.56 Å². The lowest BCUT2D eigenvalue weighted by Gasteiger charge is -2.34. The molecule has 1 aliphatic rings. The number of aromatic nitrogens is 3. The van der Waals surface area contributed by atoms with Crippen LogP contribution in [0.5, 0.6) is 0 Å². The molecule has 2 aromatic heterocycles. The maximum Gasteiger partial charge on any atom is 0.259 e. The number of aryl methyl sites for hydroxylation is 1. The summed E-state index contributed by atoms with van der Waals surface area (Å²) in [5, 5.41) is 4.26. The summed E-state index contributed by atoms with van der Waals surface area (Å²) in [6.07, 6.45) is 5.54. The van der Waals surface area contributed by atoms with Gasteiger partial charge in [-0.25, -0.2) is 0 Å². The SMILES string of the molecule is CCN1CCN(C(=O)c2cnn(C)c2-n2cccc2)CC1. The van der Waals surface area contributed by atoms with Gasteiger partial charge in [-0.1, -0.05) is 6.92 Å². The molecule has 0 unspecified atom stereocenters. The van der Waals surface area contributed by atoms with E-state index in [1.807, 2.05) is 41.0 Å². The fraction of sp³-hybridized carbons (Fsp3) is 0.467. The van der Waals surface area contributed by atoms with Crippen LogP contribution in [-0.2, 0) is 7.05 Å². The Bertz CT molecular complexity index is 608. The Hall–Kier alpha value is -2.08. The van der Waals surface area contributed by atoms with Gasteiger partial charge in [0.15, 0.2) is 0 Å². The Morgan fingerprint density at radius 1 is 1.19 bits per heavy atom. The Morgan fingerprint density at radius 3 is 2.48 bits per heavy atom. The lowest BCUT2D eigenvalue weighted by Crippen LogP contribution is -2.48. The Balaban J connectivity index is 1.83. The summed E-state index contributed by atoms with van der Waals surface area (Å²) in [6.45, 7) is 6.66. The highest BCUT2D eigenvalue weighted by Gasteiger charge is 2.25. The number of carbonyl (C=O) groups is 1. The number of amides is 1. The fourth-order valence-electron chi connectivity index (χ4n) is 2.80. The Labute approximate surface area is 124 Å². The quantitative estimate of drug-likeness (QED) is 0.846. The topological polar surface area (TPSA) is 46.3 Å². The highest BCUT2D eigenvalue weighted by atomic mass is 16.2. The second kappa shape index (κ2) is 5.73. The number of hydrogen-bond donors (Lipinski definition) is 0. The summed E-state index contributed by atoms with van der Waals surface area (Å²) < 4.78 is 3.68. The van der Waals surface area contributed by atoms with Crippen LogP contribution in [0.4, 0.5) is 0 Å². The van der Waals surface area contributed by atoms with Gasteiger partial charge >= 0.3 is 0 Å². The van der Waals surface area contributed by atoms with Gasteiger partial charge in [0.2, 0.25) is 0 Å². The van der Waals surface area contributed by atoms with E-state index in [1.54, 1.807) is 10.9 Å². The number of hydrogen-bond acceptors (Lipinski definition) is 3. The van der Waals surface area contributed by atoms with Gasteiger partial charge in [0, 0.05) is 45.6 Å². The van der Waals surface area contributed by atoms with Gasteiger partial charge in [-0.15, -0.1) is 0 Å². The molecular weight excluding hydrogens is 266 g/mol. The zero-order valence-corrected chi connectivity index (χ0v) is 12.6. The minimum Gasteiger partial charge on any atom is -0.336 e. The number of likely N-dealkylation sites (N-methyl/N-ethyl adjacent to an activating group) is 1. The van der Waals surface area contributed by atoms with Crippen LogP contribution in [-0.4, -0.2) is 62.8 Å². The molecule has 1 aliphatic heterocycles. The summed E-state index contributed by atoms with van der Waals surface area (Å²) in [5.74, 6) is 0.894. The minimum atomic E-state index is 0.0718. The van der Waals surface area contributed by atoms with E-state index < -0.39 is 0 Å². The molecule has 3 rings (SSSR count). The van der Waals surface area contributed by atoms with Crippen molar-refractivity contribution in [2.24, 2.45) is 7.05 Å². The monoisotopic (exact) mass is 287 g/mol. The van der Waals surface area contributed by atoms with Crippen molar-refractivity contribution in [1.82, 2.24) is 24.1 Å². The molecule has 1 amide bonds. The van der Waals surface area contributed by atoms with Gasteiger partial charge in [0.1, 0.15) is 11.4 Å². The molecule has 0 spiro atoms. The first-order valence-corrected chi connectivity index (χ1v) is 7.37. The van der Waals surface area contributed by atoms with Crippen LogP contribution in [0.15, 0.2) is 30.7 Å². The lowest BCUT2D eigenvalue weighted by atomic mass is 10.2. The van der Waals surface area contributed by atoms with E-state index in [0.717, 1.165) is 38.5 Å². The Morgan fingerprint density at radius 2 is 1.86 bits per heavy atom. The first-order chi connectivity index (χ1) is 10.2. The van der Waals surface area contributed by atoms with E-state index >= 15 is 0 Å². The minimum absolute atomic E-state index is 0.0718. The first kappa shape index (κ1) is 13.9. The summed E-state index contributed by atoms with van der Waals surface area (Å²) in [5.41, 5.74) is 0.665. The first-order valence-electron chi connectivity index (χ1n) is 7.37. The number of piperazine rings is 1. The third-order valence-electron chi connectivity index (χ3n) is 4.09. The average Bonchev–Trinajstić information content (AvgIpc) is 3.15. The zero-order chi connectivity index (χ0) is 14.8. The van der Waals surface area contributed by atoms with Gasteiger partial charge in [-0.3, -0.25) is 9.48 Å². The predicted octanol–water partition coefficient (Wildman–Crippen LogP) is 0.988. The highest BCUT2D eigenvalue weighted by molar-refractivity contribution is 5.97. The molecule has 6 heteroatoms. The zero-order valence-electron chi connectivity index (χ0n) is 12.6. The summed E-state index contributed by atoms with van der Waals surface area (Å²) in [6, 6.07) is 3.89. The molecule has 112 valence electrons. The van der Waals surface area contributed by atoms with Crippen molar-refractivity contribution in [2.45, 2.75) is 6.92 Å².